The molecule has 1 atom stereocenters. The Hall–Kier alpha value is -0.790. The fourth-order valence-corrected chi connectivity index (χ4v) is 2.46. The van der Waals surface area contributed by atoms with E-state index in [4.69, 9.17) is 0 Å². The van der Waals surface area contributed by atoms with Gasteiger partial charge >= 0.3 is 0 Å². The van der Waals surface area contributed by atoms with Crippen LogP contribution in [0.15, 0.2) is 6.20 Å². The van der Waals surface area contributed by atoms with Crippen LogP contribution in [0.5, 0.6) is 0 Å². The van der Waals surface area contributed by atoms with Gasteiger partial charge in [-0.05, 0) is 39.0 Å². The Morgan fingerprint density at radius 3 is 3.00 bits per heavy atom. The maximum absolute atomic E-state index is 4.57. The van der Waals surface area contributed by atoms with Crippen molar-refractivity contribution in [2.45, 2.75) is 51.0 Å². The summed E-state index contributed by atoms with van der Waals surface area (Å²) < 4.78 is 2.50. The molecule has 1 aromatic rings. The maximum atomic E-state index is 4.57. The molecule has 13 heavy (non-hydrogen) atoms. The second-order valence-corrected chi connectivity index (χ2v) is 4.49. The molecule has 1 aliphatic carbocycles. The summed E-state index contributed by atoms with van der Waals surface area (Å²) in [5.74, 6) is 2.18. The molecule has 1 aliphatic heterocycles. The molecule has 2 aliphatic rings. The highest BCUT2D eigenvalue weighted by Gasteiger charge is 2.31. The van der Waals surface area contributed by atoms with E-state index in [0.717, 1.165) is 5.92 Å². The Balaban J connectivity index is 2.06. The maximum Gasteiger partial charge on any atom is 0.112 e. The molecule has 1 aromatic heterocycles. The summed E-state index contributed by atoms with van der Waals surface area (Å²) >= 11 is 0. The van der Waals surface area contributed by atoms with E-state index >= 15 is 0 Å². The Bertz CT molecular complexity index is 323. The van der Waals surface area contributed by atoms with Gasteiger partial charge in [-0.1, -0.05) is 0 Å². The van der Waals surface area contributed by atoms with E-state index in [-0.39, 0.29) is 0 Å². The molecule has 0 amide bonds. The molecule has 70 valence electrons. The molecule has 0 bridgehead atoms. The molecule has 0 N–H and O–H groups in total. The number of nitrogens with zero attached hydrogens (tertiary/aromatic N) is 2. The molecule has 0 saturated heterocycles. The molecule has 0 aromatic carbocycles. The number of imidazole rings is 1. The van der Waals surface area contributed by atoms with Crippen molar-refractivity contribution in [2.24, 2.45) is 0 Å². The monoisotopic (exact) mass is 176 g/mol. The number of rotatable bonds is 1. The minimum Gasteiger partial charge on any atom is -0.329 e. The first-order valence-corrected chi connectivity index (χ1v) is 5.42. The van der Waals surface area contributed by atoms with Crippen molar-refractivity contribution in [3.63, 3.8) is 0 Å². The van der Waals surface area contributed by atoms with Gasteiger partial charge in [-0.15, -0.1) is 0 Å². The number of aromatic nitrogens is 2. The van der Waals surface area contributed by atoms with Gasteiger partial charge in [-0.2, -0.15) is 0 Å². The first-order chi connectivity index (χ1) is 6.36. The van der Waals surface area contributed by atoms with Crippen LogP contribution in [0.4, 0.5) is 0 Å². The van der Waals surface area contributed by atoms with Crippen molar-refractivity contribution in [1.82, 2.24) is 9.55 Å². The Morgan fingerprint density at radius 1 is 1.38 bits per heavy atom. The van der Waals surface area contributed by atoms with Gasteiger partial charge in [0.25, 0.3) is 0 Å². The molecule has 2 heteroatoms. The van der Waals surface area contributed by atoms with Crippen LogP contribution in [-0.2, 0) is 6.42 Å². The van der Waals surface area contributed by atoms with Gasteiger partial charge in [0.2, 0.25) is 0 Å². The van der Waals surface area contributed by atoms with Gasteiger partial charge in [0.05, 0.1) is 0 Å². The van der Waals surface area contributed by atoms with Crippen molar-refractivity contribution in [3.05, 3.63) is 17.7 Å². The van der Waals surface area contributed by atoms with E-state index in [1.54, 1.807) is 0 Å². The molecular formula is C11H16N2. The molecule has 1 fully saturated rings. The van der Waals surface area contributed by atoms with Crippen LogP contribution in [-0.4, -0.2) is 9.55 Å². The lowest BCUT2D eigenvalue weighted by molar-refractivity contribution is 0.419. The minimum absolute atomic E-state index is 0.696. The molecule has 1 saturated carbocycles. The van der Waals surface area contributed by atoms with Gasteiger partial charge in [0.1, 0.15) is 5.82 Å². The van der Waals surface area contributed by atoms with E-state index in [2.05, 4.69) is 22.7 Å². The molecule has 2 nitrogen and oxygen atoms in total. The van der Waals surface area contributed by atoms with Crippen LogP contribution < -0.4 is 0 Å². The average molecular weight is 176 g/mol. The first kappa shape index (κ1) is 7.60. The second-order valence-electron chi connectivity index (χ2n) is 4.49. The zero-order valence-corrected chi connectivity index (χ0v) is 8.16. The molecular weight excluding hydrogens is 160 g/mol. The fraction of sp³-hybridized carbons (Fsp3) is 0.727. The minimum atomic E-state index is 0.696. The summed E-state index contributed by atoms with van der Waals surface area (Å²) in [5.41, 5.74) is 1.47. The predicted molar refractivity (Wildman–Crippen MR) is 51.9 cm³/mol. The summed E-state index contributed by atoms with van der Waals surface area (Å²) in [6.07, 6.45) is 8.75. The van der Waals surface area contributed by atoms with E-state index in [1.807, 2.05) is 0 Å². The highest BCUT2D eigenvalue weighted by molar-refractivity contribution is 5.16. The zero-order valence-electron chi connectivity index (χ0n) is 8.16. The summed E-state index contributed by atoms with van der Waals surface area (Å²) in [7, 11) is 0. The average Bonchev–Trinajstić information content (AvgIpc) is 2.87. The van der Waals surface area contributed by atoms with Crippen LogP contribution in [0.3, 0.4) is 0 Å². The molecule has 2 heterocycles. The summed E-state index contributed by atoms with van der Waals surface area (Å²) in [4.78, 5) is 4.57. The van der Waals surface area contributed by atoms with Gasteiger partial charge in [-0.25, -0.2) is 4.98 Å². The van der Waals surface area contributed by atoms with E-state index < -0.39 is 0 Å². The van der Waals surface area contributed by atoms with Crippen molar-refractivity contribution in [2.75, 3.05) is 0 Å². The van der Waals surface area contributed by atoms with Crippen LogP contribution in [0.1, 0.15) is 56.1 Å². The zero-order chi connectivity index (χ0) is 8.84. The van der Waals surface area contributed by atoms with E-state index in [1.165, 1.54) is 43.6 Å². The Labute approximate surface area is 79.0 Å². The van der Waals surface area contributed by atoms with E-state index in [0.29, 0.717) is 6.04 Å². The molecule has 3 rings (SSSR count). The van der Waals surface area contributed by atoms with Gasteiger partial charge in [-0.3, -0.25) is 0 Å². The smallest absolute Gasteiger partial charge is 0.112 e. The summed E-state index contributed by atoms with van der Waals surface area (Å²) in [6, 6.07) is 0.696. The third-order valence-corrected chi connectivity index (χ3v) is 3.34. The van der Waals surface area contributed by atoms with Crippen LogP contribution >= 0.6 is 0 Å². The van der Waals surface area contributed by atoms with Gasteiger partial charge in [0.15, 0.2) is 0 Å². The summed E-state index contributed by atoms with van der Waals surface area (Å²) in [6.45, 7) is 2.33. The Morgan fingerprint density at radius 2 is 2.23 bits per heavy atom. The molecule has 0 spiro atoms. The number of fused-ring (bicyclic) bond motifs is 1. The second kappa shape index (κ2) is 2.60. The fourth-order valence-electron chi connectivity index (χ4n) is 2.46. The standard InChI is InChI=1S/C11H16N2/c1-8-3-2-4-10-7-12-11(13(8)10)9-5-6-9/h7-9H,2-6H2,1H3. The third kappa shape index (κ3) is 1.11. The Kier molecular flexibility index (Phi) is 1.52. The van der Waals surface area contributed by atoms with Gasteiger partial charge < -0.3 is 4.57 Å². The van der Waals surface area contributed by atoms with Crippen LogP contribution in [0, 0.1) is 0 Å². The highest BCUT2D eigenvalue weighted by atomic mass is 15.1. The van der Waals surface area contributed by atoms with Crippen molar-refractivity contribution < 1.29 is 0 Å². The van der Waals surface area contributed by atoms with Crippen molar-refractivity contribution >= 4 is 0 Å². The number of hydrogen-bond acceptors (Lipinski definition) is 1. The number of hydrogen-bond donors (Lipinski definition) is 0. The van der Waals surface area contributed by atoms with Crippen molar-refractivity contribution in [1.29, 1.82) is 0 Å². The molecule has 0 radical (unpaired) electrons. The molecule has 1 unspecified atom stereocenters. The van der Waals surface area contributed by atoms with Crippen LogP contribution in [0.2, 0.25) is 0 Å². The van der Waals surface area contributed by atoms with E-state index in [9.17, 15) is 0 Å². The van der Waals surface area contributed by atoms with Gasteiger partial charge in [0, 0.05) is 23.9 Å². The van der Waals surface area contributed by atoms with Crippen LogP contribution in [0.25, 0.3) is 0 Å². The lowest BCUT2D eigenvalue weighted by atomic mass is 10.0. The quantitative estimate of drug-likeness (QED) is 0.643. The SMILES string of the molecule is CC1CCCc2cnc(C3CC3)n21. The predicted octanol–water partition coefficient (Wildman–Crippen LogP) is 2.66. The third-order valence-electron chi connectivity index (χ3n) is 3.34. The summed E-state index contributed by atoms with van der Waals surface area (Å²) in [5, 5.41) is 0. The topological polar surface area (TPSA) is 17.8 Å². The van der Waals surface area contributed by atoms with Crippen molar-refractivity contribution in [3.8, 4) is 0 Å². The lowest BCUT2D eigenvalue weighted by Crippen LogP contribution is -2.16. The highest BCUT2D eigenvalue weighted by Crippen LogP contribution is 2.41. The first-order valence-electron chi connectivity index (χ1n) is 5.42. The normalized spacial score (nSPS) is 27.3. The lowest BCUT2D eigenvalue weighted by Gasteiger charge is -2.24. The largest absolute Gasteiger partial charge is 0.329 e. The number of aryl methyl sites for hydroxylation is 1.